The van der Waals surface area contributed by atoms with Crippen LogP contribution in [0.25, 0.3) is 0 Å². The van der Waals surface area contributed by atoms with Gasteiger partial charge in [0.1, 0.15) is 5.84 Å². The van der Waals surface area contributed by atoms with Crippen LogP contribution in [0.1, 0.15) is 17.7 Å². The molecule has 3 nitrogen and oxygen atoms in total. The predicted molar refractivity (Wildman–Crippen MR) is 53.0 cm³/mol. The molecule has 0 amide bonds. The monoisotopic (exact) mass is 175 g/mol. The molecule has 68 valence electrons. The highest BCUT2D eigenvalue weighted by Gasteiger charge is 2.05. The lowest BCUT2D eigenvalue weighted by molar-refractivity contribution is 0.742. The van der Waals surface area contributed by atoms with Crippen LogP contribution in [0.2, 0.25) is 0 Å². The van der Waals surface area contributed by atoms with Gasteiger partial charge in [-0.3, -0.25) is 9.98 Å². The summed E-state index contributed by atoms with van der Waals surface area (Å²) in [5, 5.41) is 3.26. The van der Waals surface area contributed by atoms with Crippen LogP contribution in [0.4, 0.5) is 0 Å². The summed E-state index contributed by atoms with van der Waals surface area (Å²) in [5.74, 6) is 0.985. The molecule has 1 aromatic heterocycles. The minimum Gasteiger partial charge on any atom is -0.370 e. The van der Waals surface area contributed by atoms with Crippen molar-refractivity contribution in [1.29, 1.82) is 0 Å². The summed E-state index contributed by atoms with van der Waals surface area (Å²) in [6, 6.07) is 4.06. The van der Waals surface area contributed by atoms with Gasteiger partial charge in [-0.25, -0.2) is 0 Å². The van der Waals surface area contributed by atoms with Gasteiger partial charge in [-0.1, -0.05) is 0 Å². The Morgan fingerprint density at radius 3 is 2.92 bits per heavy atom. The summed E-state index contributed by atoms with van der Waals surface area (Å²) in [6.07, 6.45) is 3.00. The fourth-order valence-corrected chi connectivity index (χ4v) is 1.33. The Morgan fingerprint density at radius 2 is 2.31 bits per heavy atom. The van der Waals surface area contributed by atoms with Crippen molar-refractivity contribution in [3.05, 3.63) is 29.6 Å². The average molecular weight is 175 g/mol. The van der Waals surface area contributed by atoms with E-state index in [4.69, 9.17) is 0 Å². The number of nitrogens with one attached hydrogen (secondary N) is 1. The topological polar surface area (TPSA) is 37.3 Å². The second-order valence-corrected chi connectivity index (χ2v) is 3.20. The van der Waals surface area contributed by atoms with Gasteiger partial charge in [-0.15, -0.1) is 0 Å². The molecule has 1 aliphatic rings. The minimum absolute atomic E-state index is 0.927. The Kier molecular flexibility index (Phi) is 2.25. The number of aryl methyl sites for hydroxylation is 1. The molecular weight excluding hydrogens is 162 g/mol. The van der Waals surface area contributed by atoms with Gasteiger partial charge in [0.05, 0.1) is 0 Å². The maximum Gasteiger partial charge on any atom is 0.129 e. The lowest BCUT2D eigenvalue weighted by Gasteiger charge is -2.14. The SMILES string of the molecule is Cc1ccc(C2=NCCCN2)cn1. The Bertz CT molecular complexity index is 313. The Balaban J connectivity index is 2.24. The van der Waals surface area contributed by atoms with Crippen LogP contribution in [0, 0.1) is 6.92 Å². The van der Waals surface area contributed by atoms with E-state index in [0.29, 0.717) is 0 Å². The van der Waals surface area contributed by atoms with E-state index in [1.807, 2.05) is 19.2 Å². The smallest absolute Gasteiger partial charge is 0.129 e. The zero-order chi connectivity index (χ0) is 9.10. The third-order valence-corrected chi connectivity index (χ3v) is 2.08. The first-order valence-electron chi connectivity index (χ1n) is 4.57. The Labute approximate surface area is 77.9 Å². The van der Waals surface area contributed by atoms with E-state index in [1.165, 1.54) is 0 Å². The number of amidine groups is 1. The molecule has 2 rings (SSSR count). The van der Waals surface area contributed by atoms with Crippen molar-refractivity contribution in [3.63, 3.8) is 0 Å². The number of rotatable bonds is 1. The maximum atomic E-state index is 4.39. The average Bonchev–Trinajstić information content (AvgIpc) is 2.20. The predicted octanol–water partition coefficient (Wildman–Crippen LogP) is 1.13. The highest BCUT2D eigenvalue weighted by atomic mass is 15.0. The fourth-order valence-electron chi connectivity index (χ4n) is 1.33. The highest BCUT2D eigenvalue weighted by Crippen LogP contribution is 2.02. The zero-order valence-electron chi connectivity index (χ0n) is 7.75. The molecule has 0 atom stereocenters. The number of nitrogens with zero attached hydrogens (tertiary/aromatic N) is 2. The van der Waals surface area contributed by atoms with Crippen molar-refractivity contribution in [1.82, 2.24) is 10.3 Å². The van der Waals surface area contributed by atoms with E-state index in [-0.39, 0.29) is 0 Å². The highest BCUT2D eigenvalue weighted by molar-refractivity contribution is 5.98. The van der Waals surface area contributed by atoms with Gasteiger partial charge in [0, 0.05) is 30.5 Å². The normalized spacial score (nSPS) is 16.2. The van der Waals surface area contributed by atoms with E-state index in [9.17, 15) is 0 Å². The lowest BCUT2D eigenvalue weighted by Crippen LogP contribution is -2.30. The van der Waals surface area contributed by atoms with Crippen molar-refractivity contribution in [3.8, 4) is 0 Å². The molecule has 3 heteroatoms. The lowest BCUT2D eigenvalue weighted by atomic mass is 10.2. The fraction of sp³-hybridized carbons (Fsp3) is 0.400. The minimum atomic E-state index is 0.927. The molecule has 0 unspecified atom stereocenters. The Morgan fingerprint density at radius 1 is 1.38 bits per heavy atom. The summed E-state index contributed by atoms with van der Waals surface area (Å²) in [5.41, 5.74) is 2.13. The standard InChI is InChI=1S/C10H13N3/c1-8-3-4-9(7-13-8)10-11-5-2-6-12-10/h3-4,7H,2,5-6H2,1H3,(H,11,12). The quantitative estimate of drug-likeness (QED) is 0.694. The molecule has 0 saturated carbocycles. The molecule has 0 bridgehead atoms. The van der Waals surface area contributed by atoms with Crippen LogP contribution < -0.4 is 5.32 Å². The number of aromatic nitrogens is 1. The second-order valence-electron chi connectivity index (χ2n) is 3.20. The molecule has 0 fully saturated rings. The first kappa shape index (κ1) is 8.23. The number of aliphatic imine (C=N–C) groups is 1. The third-order valence-electron chi connectivity index (χ3n) is 2.08. The largest absolute Gasteiger partial charge is 0.370 e. The van der Waals surface area contributed by atoms with Crippen LogP contribution in [0.15, 0.2) is 23.3 Å². The number of hydrogen-bond acceptors (Lipinski definition) is 3. The van der Waals surface area contributed by atoms with E-state index >= 15 is 0 Å². The van der Waals surface area contributed by atoms with Crippen molar-refractivity contribution >= 4 is 5.84 Å². The molecule has 0 saturated heterocycles. The van der Waals surface area contributed by atoms with Crippen molar-refractivity contribution in [2.24, 2.45) is 4.99 Å². The van der Waals surface area contributed by atoms with Crippen LogP contribution >= 0.6 is 0 Å². The van der Waals surface area contributed by atoms with Gasteiger partial charge in [0.25, 0.3) is 0 Å². The second kappa shape index (κ2) is 3.56. The van der Waals surface area contributed by atoms with E-state index < -0.39 is 0 Å². The van der Waals surface area contributed by atoms with Crippen molar-refractivity contribution in [2.45, 2.75) is 13.3 Å². The first-order valence-corrected chi connectivity index (χ1v) is 4.57. The van der Waals surface area contributed by atoms with Gasteiger partial charge in [0.2, 0.25) is 0 Å². The van der Waals surface area contributed by atoms with E-state index in [1.54, 1.807) is 0 Å². The van der Waals surface area contributed by atoms with Gasteiger partial charge in [-0.05, 0) is 25.5 Å². The van der Waals surface area contributed by atoms with E-state index in [2.05, 4.69) is 21.4 Å². The number of pyridine rings is 1. The van der Waals surface area contributed by atoms with Crippen LogP contribution in [0.3, 0.4) is 0 Å². The number of hydrogen-bond donors (Lipinski definition) is 1. The molecule has 0 radical (unpaired) electrons. The van der Waals surface area contributed by atoms with Gasteiger partial charge in [0.15, 0.2) is 0 Å². The molecule has 0 aromatic carbocycles. The van der Waals surface area contributed by atoms with Crippen LogP contribution in [-0.4, -0.2) is 23.9 Å². The molecule has 1 N–H and O–H groups in total. The third kappa shape index (κ3) is 1.86. The van der Waals surface area contributed by atoms with Crippen LogP contribution in [0.5, 0.6) is 0 Å². The van der Waals surface area contributed by atoms with Crippen molar-refractivity contribution in [2.75, 3.05) is 13.1 Å². The molecule has 0 spiro atoms. The maximum absolute atomic E-state index is 4.39. The van der Waals surface area contributed by atoms with Gasteiger partial charge >= 0.3 is 0 Å². The summed E-state index contributed by atoms with van der Waals surface area (Å²) >= 11 is 0. The Hall–Kier alpha value is -1.38. The molecular formula is C10H13N3. The molecule has 2 heterocycles. The summed E-state index contributed by atoms with van der Waals surface area (Å²) < 4.78 is 0. The van der Waals surface area contributed by atoms with Crippen LogP contribution in [-0.2, 0) is 0 Å². The summed E-state index contributed by atoms with van der Waals surface area (Å²) in [7, 11) is 0. The van der Waals surface area contributed by atoms with Crippen molar-refractivity contribution < 1.29 is 0 Å². The molecule has 1 aliphatic heterocycles. The molecule has 0 aliphatic carbocycles. The molecule has 1 aromatic rings. The first-order chi connectivity index (χ1) is 6.36. The van der Waals surface area contributed by atoms with Gasteiger partial charge in [-0.2, -0.15) is 0 Å². The van der Waals surface area contributed by atoms with Gasteiger partial charge < -0.3 is 5.32 Å². The summed E-state index contributed by atoms with van der Waals surface area (Å²) in [4.78, 5) is 8.63. The summed E-state index contributed by atoms with van der Waals surface area (Å²) in [6.45, 7) is 3.93. The molecule has 13 heavy (non-hydrogen) atoms. The zero-order valence-corrected chi connectivity index (χ0v) is 7.75. The van der Waals surface area contributed by atoms with E-state index in [0.717, 1.165) is 36.6 Å².